The Labute approximate surface area is 107 Å². The van der Waals surface area contributed by atoms with Crippen LogP contribution < -0.4 is 4.72 Å². The molecule has 0 aliphatic heterocycles. The van der Waals surface area contributed by atoms with E-state index < -0.39 is 10.0 Å². The molecule has 1 N–H and O–H groups in total. The fraction of sp³-hybridized carbons (Fsp3) is 0.700. The summed E-state index contributed by atoms with van der Waals surface area (Å²) in [7, 11) is -1.75. The SMILES string of the molecule is Cc1nc(S(=O)(=O)NC(C)CCCCl)cn1C. The molecule has 1 unspecified atom stereocenters. The molecule has 1 heterocycles. The fourth-order valence-electron chi connectivity index (χ4n) is 1.42. The monoisotopic (exact) mass is 279 g/mol. The summed E-state index contributed by atoms with van der Waals surface area (Å²) in [6, 6.07) is -0.138. The first-order chi connectivity index (χ1) is 7.86. The van der Waals surface area contributed by atoms with Crippen molar-refractivity contribution in [1.82, 2.24) is 14.3 Å². The van der Waals surface area contributed by atoms with Crippen molar-refractivity contribution in [1.29, 1.82) is 0 Å². The molecule has 1 aromatic rings. The van der Waals surface area contributed by atoms with Crippen molar-refractivity contribution in [2.45, 2.75) is 37.8 Å². The van der Waals surface area contributed by atoms with Crippen LogP contribution in [0.25, 0.3) is 0 Å². The Morgan fingerprint density at radius 1 is 1.59 bits per heavy atom. The Kier molecular flexibility index (Phi) is 4.97. The van der Waals surface area contributed by atoms with Crippen LogP contribution >= 0.6 is 11.6 Å². The van der Waals surface area contributed by atoms with Gasteiger partial charge in [-0.3, -0.25) is 0 Å². The van der Waals surface area contributed by atoms with Gasteiger partial charge in [0, 0.05) is 25.2 Å². The maximum absolute atomic E-state index is 12.0. The van der Waals surface area contributed by atoms with Crippen LogP contribution in [-0.4, -0.2) is 29.9 Å². The Hall–Kier alpha value is -0.590. The van der Waals surface area contributed by atoms with Gasteiger partial charge >= 0.3 is 0 Å². The van der Waals surface area contributed by atoms with E-state index in [4.69, 9.17) is 11.6 Å². The van der Waals surface area contributed by atoms with Gasteiger partial charge in [-0.15, -0.1) is 11.6 Å². The van der Waals surface area contributed by atoms with Crippen molar-refractivity contribution in [2.75, 3.05) is 5.88 Å². The molecular formula is C10H18ClN3O2S. The van der Waals surface area contributed by atoms with Crippen LogP contribution in [0.4, 0.5) is 0 Å². The standard InChI is InChI=1S/C10H18ClN3O2S/c1-8(5-4-6-11)13-17(15,16)10-7-14(3)9(2)12-10/h7-8,13H,4-6H2,1-3H3. The van der Waals surface area contributed by atoms with Gasteiger partial charge in [0.15, 0.2) is 5.03 Å². The first-order valence-electron chi connectivity index (χ1n) is 5.45. The summed E-state index contributed by atoms with van der Waals surface area (Å²) in [6.07, 6.45) is 3.01. The highest BCUT2D eigenvalue weighted by Crippen LogP contribution is 2.09. The first kappa shape index (κ1) is 14.5. The molecule has 7 heteroatoms. The van der Waals surface area contributed by atoms with E-state index in [2.05, 4.69) is 9.71 Å². The molecule has 0 bridgehead atoms. The molecule has 17 heavy (non-hydrogen) atoms. The summed E-state index contributed by atoms with van der Waals surface area (Å²) >= 11 is 5.57. The van der Waals surface area contributed by atoms with E-state index >= 15 is 0 Å². The number of nitrogens with one attached hydrogen (secondary N) is 1. The lowest BCUT2D eigenvalue weighted by Crippen LogP contribution is -2.32. The van der Waals surface area contributed by atoms with Crippen LogP contribution in [0.1, 0.15) is 25.6 Å². The lowest BCUT2D eigenvalue weighted by Gasteiger charge is -2.11. The zero-order valence-corrected chi connectivity index (χ0v) is 11.8. The summed E-state index contributed by atoms with van der Waals surface area (Å²) in [5.41, 5.74) is 0. The predicted octanol–water partition coefficient (Wildman–Crippen LogP) is 1.41. The molecule has 1 atom stereocenters. The first-order valence-corrected chi connectivity index (χ1v) is 7.47. The van der Waals surface area contributed by atoms with Crippen LogP contribution in [0.15, 0.2) is 11.2 Å². The van der Waals surface area contributed by atoms with Crippen LogP contribution in [0, 0.1) is 6.92 Å². The maximum Gasteiger partial charge on any atom is 0.259 e. The van der Waals surface area contributed by atoms with Gasteiger partial charge in [0.05, 0.1) is 0 Å². The summed E-state index contributed by atoms with van der Waals surface area (Å²) < 4.78 is 28.2. The van der Waals surface area contributed by atoms with E-state index in [1.165, 1.54) is 6.20 Å². The molecule has 1 aromatic heterocycles. The van der Waals surface area contributed by atoms with Crippen molar-refractivity contribution in [3.63, 3.8) is 0 Å². The molecule has 0 amide bonds. The number of imidazole rings is 1. The minimum absolute atomic E-state index is 0.0650. The van der Waals surface area contributed by atoms with E-state index in [0.29, 0.717) is 18.1 Å². The molecule has 0 aliphatic rings. The number of aromatic nitrogens is 2. The molecule has 0 radical (unpaired) electrons. The van der Waals surface area contributed by atoms with Crippen LogP contribution in [0.5, 0.6) is 0 Å². The number of nitrogens with zero attached hydrogens (tertiary/aromatic N) is 2. The molecule has 0 fully saturated rings. The smallest absolute Gasteiger partial charge is 0.259 e. The molecule has 5 nitrogen and oxygen atoms in total. The molecular weight excluding hydrogens is 262 g/mol. The van der Waals surface area contributed by atoms with E-state index in [1.54, 1.807) is 18.5 Å². The van der Waals surface area contributed by atoms with Gasteiger partial charge in [-0.1, -0.05) is 0 Å². The number of hydrogen-bond donors (Lipinski definition) is 1. The van der Waals surface area contributed by atoms with Crippen LogP contribution in [-0.2, 0) is 17.1 Å². The molecule has 0 saturated carbocycles. The van der Waals surface area contributed by atoms with Crippen molar-refractivity contribution < 1.29 is 8.42 Å². The molecule has 0 saturated heterocycles. The van der Waals surface area contributed by atoms with Crippen molar-refractivity contribution >= 4 is 21.6 Å². The lowest BCUT2D eigenvalue weighted by atomic mass is 10.2. The normalized spacial score (nSPS) is 13.9. The predicted molar refractivity (Wildman–Crippen MR) is 67.7 cm³/mol. The molecule has 0 spiro atoms. The largest absolute Gasteiger partial charge is 0.337 e. The van der Waals surface area contributed by atoms with Crippen molar-refractivity contribution in [3.05, 3.63) is 12.0 Å². The number of hydrogen-bond acceptors (Lipinski definition) is 3. The second-order valence-electron chi connectivity index (χ2n) is 4.09. The van der Waals surface area contributed by atoms with Crippen LogP contribution in [0.2, 0.25) is 0 Å². The Balaban J connectivity index is 2.75. The zero-order chi connectivity index (χ0) is 13.1. The number of alkyl halides is 1. The number of sulfonamides is 1. The second kappa shape index (κ2) is 5.84. The molecule has 0 aliphatic carbocycles. The number of aryl methyl sites for hydroxylation is 2. The number of halogens is 1. The van der Waals surface area contributed by atoms with Gasteiger partial charge in [-0.2, -0.15) is 0 Å². The summed E-state index contributed by atoms with van der Waals surface area (Å²) in [4.78, 5) is 4.00. The van der Waals surface area contributed by atoms with Gasteiger partial charge < -0.3 is 4.57 Å². The van der Waals surface area contributed by atoms with Crippen molar-refractivity contribution in [2.24, 2.45) is 7.05 Å². The van der Waals surface area contributed by atoms with E-state index in [-0.39, 0.29) is 11.1 Å². The summed E-state index contributed by atoms with van der Waals surface area (Å²) in [5.74, 6) is 1.20. The third kappa shape index (κ3) is 3.97. The second-order valence-corrected chi connectivity index (χ2v) is 6.13. The van der Waals surface area contributed by atoms with Gasteiger partial charge in [0.25, 0.3) is 10.0 Å². The lowest BCUT2D eigenvalue weighted by molar-refractivity contribution is 0.542. The Morgan fingerprint density at radius 3 is 2.71 bits per heavy atom. The average molecular weight is 280 g/mol. The van der Waals surface area contributed by atoms with E-state index in [0.717, 1.165) is 6.42 Å². The summed E-state index contributed by atoms with van der Waals surface area (Å²) in [6.45, 7) is 3.58. The minimum Gasteiger partial charge on any atom is -0.337 e. The fourth-order valence-corrected chi connectivity index (χ4v) is 2.90. The highest BCUT2D eigenvalue weighted by molar-refractivity contribution is 7.89. The van der Waals surface area contributed by atoms with E-state index in [1.807, 2.05) is 6.92 Å². The third-order valence-corrected chi connectivity index (χ3v) is 4.22. The maximum atomic E-state index is 12.0. The average Bonchev–Trinajstić information content (AvgIpc) is 2.56. The topological polar surface area (TPSA) is 64.0 Å². The summed E-state index contributed by atoms with van der Waals surface area (Å²) in [5, 5.41) is 0.0650. The Bertz CT molecular complexity index is 450. The highest BCUT2D eigenvalue weighted by atomic mass is 35.5. The Morgan fingerprint density at radius 2 is 2.24 bits per heavy atom. The van der Waals surface area contributed by atoms with Gasteiger partial charge in [-0.25, -0.2) is 18.1 Å². The molecule has 0 aromatic carbocycles. The van der Waals surface area contributed by atoms with Crippen LogP contribution in [0.3, 0.4) is 0 Å². The highest BCUT2D eigenvalue weighted by Gasteiger charge is 2.20. The third-order valence-electron chi connectivity index (χ3n) is 2.49. The van der Waals surface area contributed by atoms with Gasteiger partial charge in [-0.05, 0) is 26.7 Å². The zero-order valence-electron chi connectivity index (χ0n) is 10.3. The molecule has 98 valence electrons. The van der Waals surface area contributed by atoms with Gasteiger partial charge in [0.2, 0.25) is 0 Å². The van der Waals surface area contributed by atoms with Crippen molar-refractivity contribution in [3.8, 4) is 0 Å². The minimum atomic E-state index is -3.52. The van der Waals surface area contributed by atoms with E-state index in [9.17, 15) is 8.42 Å². The molecule has 1 rings (SSSR count). The quantitative estimate of drug-likeness (QED) is 0.801. The number of rotatable bonds is 6. The van der Waals surface area contributed by atoms with Gasteiger partial charge in [0.1, 0.15) is 5.82 Å².